The molecule has 0 radical (unpaired) electrons. The van der Waals surface area contributed by atoms with Gasteiger partial charge in [0.1, 0.15) is 0 Å². The Labute approximate surface area is 175 Å². The number of hydrogen-bond acceptors (Lipinski definition) is 3. The van der Waals surface area contributed by atoms with E-state index in [0.717, 1.165) is 0 Å². The molecule has 26 heavy (non-hydrogen) atoms. The van der Waals surface area contributed by atoms with Gasteiger partial charge in [0.25, 0.3) is 0 Å². The Hall–Kier alpha value is 0.0743. The quantitative estimate of drug-likeness (QED) is 0.581. The summed E-state index contributed by atoms with van der Waals surface area (Å²) in [5.74, 6) is 0. The summed E-state index contributed by atoms with van der Waals surface area (Å²) in [5, 5.41) is 30.3. The molecular weight excluding hydrogens is 360 g/mol. The van der Waals surface area contributed by atoms with Gasteiger partial charge in [-0.15, -0.1) is 16.8 Å². The Morgan fingerprint density at radius 1 is 0.615 bits per heavy atom. The van der Waals surface area contributed by atoms with Crippen LogP contribution in [0, 0.1) is 5.41 Å². The van der Waals surface area contributed by atoms with Crippen molar-refractivity contribution in [3.63, 3.8) is 0 Å². The monoisotopic (exact) mass is 402 g/mol. The summed E-state index contributed by atoms with van der Waals surface area (Å²) in [7, 11) is 0. The predicted molar refractivity (Wildman–Crippen MR) is 104 cm³/mol. The van der Waals surface area contributed by atoms with Crippen LogP contribution in [-0.4, -0.2) is 16.8 Å². The molecule has 0 aromatic carbocycles. The molecule has 0 heterocycles. The Bertz CT molecular complexity index is 406. The molecule has 0 bridgehead atoms. The van der Waals surface area contributed by atoms with E-state index in [-0.39, 0.29) is 0 Å². The molecule has 1 rings (SSSR count). The molecule has 4 heteroatoms. The molecule has 0 aromatic rings. The van der Waals surface area contributed by atoms with Crippen LogP contribution in [0.25, 0.3) is 0 Å². The fourth-order valence-corrected chi connectivity index (χ4v) is 2.18. The summed E-state index contributed by atoms with van der Waals surface area (Å²) in [6.07, 6.45) is 0. The molecule has 0 atom stereocenters. The zero-order valence-electron chi connectivity index (χ0n) is 19.7. The van der Waals surface area contributed by atoms with Crippen LogP contribution in [-0.2, 0) is 20.4 Å². The molecule has 0 saturated heterocycles. The zero-order valence-corrected chi connectivity index (χ0v) is 21.3. The van der Waals surface area contributed by atoms with Gasteiger partial charge in [-0.25, -0.2) is 0 Å². The van der Waals surface area contributed by atoms with Gasteiger partial charge in [-0.2, -0.15) is 0 Å². The first-order chi connectivity index (χ1) is 10.9. The van der Waals surface area contributed by atoms with E-state index in [4.69, 9.17) is 0 Å². The molecule has 1 aliphatic rings. The third-order valence-corrected chi connectivity index (χ3v) is 4.62. The molecule has 152 valence electrons. The van der Waals surface area contributed by atoms with Crippen molar-refractivity contribution in [3.05, 3.63) is 20.6 Å². The Morgan fingerprint density at radius 2 is 0.808 bits per heavy atom. The maximum absolute atomic E-state index is 10.1. The van der Waals surface area contributed by atoms with Crippen molar-refractivity contribution >= 4 is 0 Å². The van der Waals surface area contributed by atoms with Crippen LogP contribution >= 0.6 is 0 Å². The number of allylic oxidation sites excluding steroid dienone is 4. The molecule has 1 aliphatic carbocycles. The number of rotatable bonds is 0. The van der Waals surface area contributed by atoms with E-state index in [2.05, 4.69) is 55.1 Å². The zero-order chi connectivity index (χ0) is 22.3. The molecular formula is C22H42O3Ti. The van der Waals surface area contributed by atoms with Gasteiger partial charge >= 0.3 is 81.1 Å². The molecule has 3 nitrogen and oxygen atoms in total. The van der Waals surface area contributed by atoms with E-state index >= 15 is 0 Å². The fourth-order valence-electron chi connectivity index (χ4n) is 1.59. The van der Waals surface area contributed by atoms with Crippen LogP contribution in [0.3, 0.4) is 0 Å². The third-order valence-electron chi connectivity index (χ3n) is 3.06. The van der Waals surface area contributed by atoms with Gasteiger partial charge in [-0.1, -0.05) is 62.3 Å². The second-order valence-electron chi connectivity index (χ2n) is 10.2. The van der Waals surface area contributed by atoms with Crippen molar-refractivity contribution in [2.75, 3.05) is 0 Å². The van der Waals surface area contributed by atoms with E-state index in [1.54, 1.807) is 62.3 Å². The molecule has 0 saturated carbocycles. The second kappa shape index (κ2) is 11.2. The fraction of sp³-hybridized carbons (Fsp3) is 0.818. The van der Waals surface area contributed by atoms with E-state index in [1.807, 2.05) is 0 Å². The van der Waals surface area contributed by atoms with Crippen LogP contribution in [0.15, 0.2) is 20.6 Å². The minimum absolute atomic E-state index is 0.314. The Balaban J connectivity index is -0.000000300. The molecule has 0 N–H and O–H groups in total. The predicted octanol–water partition coefficient (Wildman–Crippen LogP) is 3.62. The first kappa shape index (κ1) is 30.8. The molecule has 0 amide bonds. The summed E-state index contributed by atoms with van der Waals surface area (Å²) in [6.45, 7) is 26.0. The van der Waals surface area contributed by atoms with Crippen LogP contribution < -0.4 is 15.3 Å². The van der Waals surface area contributed by atoms with Crippen LogP contribution in [0.4, 0.5) is 0 Å². The summed E-state index contributed by atoms with van der Waals surface area (Å²) in [4.78, 5) is 0. The molecule has 0 aromatic heterocycles. The molecule has 0 unspecified atom stereocenters. The van der Waals surface area contributed by atoms with E-state index in [9.17, 15) is 15.3 Å². The van der Waals surface area contributed by atoms with Gasteiger partial charge in [0.05, 0.1) is 0 Å². The van der Waals surface area contributed by atoms with Gasteiger partial charge in [-0.3, -0.25) is 0 Å². The van der Waals surface area contributed by atoms with Gasteiger partial charge in [-0.05, 0) is 0 Å². The maximum atomic E-state index is 10.1. The van der Waals surface area contributed by atoms with Crippen LogP contribution in [0.2, 0.25) is 0 Å². The van der Waals surface area contributed by atoms with Gasteiger partial charge in [0, 0.05) is 0 Å². The normalized spacial score (nSPS) is 16.9. The van der Waals surface area contributed by atoms with Crippen molar-refractivity contribution in [2.24, 2.45) is 5.41 Å². The van der Waals surface area contributed by atoms with Crippen molar-refractivity contribution < 1.29 is 35.8 Å². The van der Waals surface area contributed by atoms with E-state index in [0.29, 0.717) is 5.41 Å². The van der Waals surface area contributed by atoms with Crippen molar-refractivity contribution in [2.45, 2.75) is 114 Å². The van der Waals surface area contributed by atoms with Crippen LogP contribution in [0.1, 0.15) is 96.9 Å². The summed E-state index contributed by atoms with van der Waals surface area (Å²) in [5.41, 5.74) is 2.58. The molecule has 0 aliphatic heterocycles. The summed E-state index contributed by atoms with van der Waals surface area (Å²) < 4.78 is 1.53. The first-order valence-electron chi connectivity index (χ1n) is 9.11. The van der Waals surface area contributed by atoms with Gasteiger partial charge in [0.15, 0.2) is 0 Å². The SMILES string of the molecule is CC(C)(C)[O-].CC(C)(C)[O-].CC(C)(C)[O-].CC1=C(C)C(C)(C)[C]([Ti+3])=C1C. The van der Waals surface area contributed by atoms with Gasteiger partial charge in [0.2, 0.25) is 0 Å². The minimum atomic E-state index is -0.750. The average molecular weight is 402 g/mol. The van der Waals surface area contributed by atoms with E-state index in [1.165, 1.54) is 20.6 Å². The van der Waals surface area contributed by atoms with Crippen molar-refractivity contribution in [1.29, 1.82) is 0 Å². The Kier molecular flexibility index (Phi) is 13.2. The molecule has 0 fully saturated rings. The summed E-state index contributed by atoms with van der Waals surface area (Å²) >= 11 is 2.25. The number of hydrogen-bond donors (Lipinski definition) is 0. The van der Waals surface area contributed by atoms with Crippen LogP contribution in [0.5, 0.6) is 0 Å². The first-order valence-corrected chi connectivity index (χ1v) is 9.89. The average Bonchev–Trinajstić information content (AvgIpc) is 2.39. The second-order valence-corrected chi connectivity index (χ2v) is 11.0. The van der Waals surface area contributed by atoms with Crippen molar-refractivity contribution in [1.82, 2.24) is 0 Å². The summed E-state index contributed by atoms with van der Waals surface area (Å²) in [6, 6.07) is 0. The Morgan fingerprint density at radius 3 is 0.846 bits per heavy atom. The van der Waals surface area contributed by atoms with Crippen molar-refractivity contribution in [3.8, 4) is 0 Å². The standard InChI is InChI=1S/C10H15.3C4H9O.Ti/c1-7-6-10(4,5)9(3)8(7)2;3*1-4(2,3)5;/h1-5H3;3*1-3H3;/q;3*-1;+3. The topological polar surface area (TPSA) is 69.2 Å². The van der Waals surface area contributed by atoms with Gasteiger partial charge < -0.3 is 15.3 Å². The molecule has 0 spiro atoms. The van der Waals surface area contributed by atoms with E-state index < -0.39 is 16.8 Å². The third kappa shape index (κ3) is 22.1.